The third-order valence-corrected chi connectivity index (χ3v) is 3.96. The minimum absolute atomic E-state index is 0.200. The van der Waals surface area contributed by atoms with Crippen molar-refractivity contribution >= 4 is 17.3 Å². The zero-order valence-electron chi connectivity index (χ0n) is 11.0. The molecule has 1 aliphatic rings. The van der Waals surface area contributed by atoms with Crippen LogP contribution in [0.25, 0.3) is 0 Å². The van der Waals surface area contributed by atoms with Gasteiger partial charge < -0.3 is 9.80 Å². The zero-order valence-corrected chi connectivity index (χ0v) is 11.8. The Hall–Kier alpha value is -0.800. The molecular formula is C14H20ClFN2. The Morgan fingerprint density at radius 3 is 2.89 bits per heavy atom. The van der Waals surface area contributed by atoms with E-state index in [1.165, 1.54) is 12.5 Å². The molecule has 2 nitrogen and oxygen atoms in total. The summed E-state index contributed by atoms with van der Waals surface area (Å²) in [6.07, 6.45) is 2.34. The van der Waals surface area contributed by atoms with Gasteiger partial charge in [0.05, 0.1) is 5.88 Å². The number of benzene rings is 1. The van der Waals surface area contributed by atoms with Crippen molar-refractivity contribution in [2.45, 2.75) is 24.8 Å². The molecule has 0 aliphatic carbocycles. The number of likely N-dealkylation sites (N-methyl/N-ethyl adjacent to an activating group) is 1. The molecule has 0 saturated carbocycles. The Morgan fingerprint density at radius 2 is 2.22 bits per heavy atom. The second-order valence-corrected chi connectivity index (χ2v) is 5.34. The van der Waals surface area contributed by atoms with Gasteiger partial charge in [-0.25, -0.2) is 4.39 Å². The normalized spacial score (nSPS) is 20.5. The van der Waals surface area contributed by atoms with Gasteiger partial charge in [0, 0.05) is 30.4 Å². The van der Waals surface area contributed by atoms with Crippen LogP contribution in [0.2, 0.25) is 0 Å². The molecule has 1 aromatic rings. The Balaban J connectivity index is 2.23. The first kappa shape index (κ1) is 13.6. The highest BCUT2D eigenvalue weighted by molar-refractivity contribution is 6.17. The monoisotopic (exact) mass is 270 g/mol. The van der Waals surface area contributed by atoms with Crippen LogP contribution in [-0.2, 0) is 5.88 Å². The molecule has 1 fully saturated rings. The van der Waals surface area contributed by atoms with Crippen molar-refractivity contribution in [3.63, 3.8) is 0 Å². The summed E-state index contributed by atoms with van der Waals surface area (Å²) in [4.78, 5) is 4.50. The summed E-state index contributed by atoms with van der Waals surface area (Å²) < 4.78 is 13.7. The number of nitrogens with zero attached hydrogens (tertiary/aromatic N) is 2. The van der Waals surface area contributed by atoms with Crippen LogP contribution in [0.3, 0.4) is 0 Å². The first-order valence-corrected chi connectivity index (χ1v) is 6.91. The summed E-state index contributed by atoms with van der Waals surface area (Å²) >= 11 is 5.88. The van der Waals surface area contributed by atoms with E-state index >= 15 is 0 Å². The number of anilines is 1. The highest BCUT2D eigenvalue weighted by Gasteiger charge is 2.23. The van der Waals surface area contributed by atoms with Gasteiger partial charge >= 0.3 is 0 Å². The fraction of sp³-hybridized carbons (Fsp3) is 0.571. The molecule has 0 N–H and O–H groups in total. The summed E-state index contributed by atoms with van der Waals surface area (Å²) in [5.74, 6) is 0.0278. The Kier molecular flexibility index (Phi) is 4.46. The van der Waals surface area contributed by atoms with E-state index in [4.69, 9.17) is 11.6 Å². The van der Waals surface area contributed by atoms with E-state index in [-0.39, 0.29) is 11.7 Å². The third kappa shape index (κ3) is 2.78. The van der Waals surface area contributed by atoms with Crippen LogP contribution >= 0.6 is 11.6 Å². The van der Waals surface area contributed by atoms with Crippen LogP contribution in [-0.4, -0.2) is 38.1 Å². The summed E-state index contributed by atoms with van der Waals surface area (Å²) in [6, 6.07) is 5.75. The fourth-order valence-electron chi connectivity index (χ4n) is 2.57. The predicted octanol–water partition coefficient (Wildman–Crippen LogP) is 3.09. The van der Waals surface area contributed by atoms with Crippen molar-refractivity contribution in [2.75, 3.05) is 32.1 Å². The van der Waals surface area contributed by atoms with Crippen LogP contribution in [0.15, 0.2) is 18.2 Å². The molecule has 0 radical (unpaired) electrons. The highest BCUT2D eigenvalue weighted by Crippen LogP contribution is 2.28. The van der Waals surface area contributed by atoms with E-state index in [1.807, 2.05) is 6.07 Å². The molecule has 1 heterocycles. The molecule has 100 valence electrons. The lowest BCUT2D eigenvalue weighted by Crippen LogP contribution is -2.45. The molecule has 1 unspecified atom stereocenters. The lowest BCUT2D eigenvalue weighted by molar-refractivity contribution is 0.258. The van der Waals surface area contributed by atoms with E-state index in [0.717, 1.165) is 25.2 Å². The van der Waals surface area contributed by atoms with E-state index in [1.54, 1.807) is 6.07 Å². The van der Waals surface area contributed by atoms with Gasteiger partial charge in [0.25, 0.3) is 0 Å². The predicted molar refractivity (Wildman–Crippen MR) is 74.9 cm³/mol. The lowest BCUT2D eigenvalue weighted by atomic mass is 10.0. The number of piperidine rings is 1. The lowest BCUT2D eigenvalue weighted by Gasteiger charge is -2.38. The largest absolute Gasteiger partial charge is 0.370 e. The summed E-state index contributed by atoms with van der Waals surface area (Å²) in [5, 5.41) is 0. The maximum atomic E-state index is 13.7. The van der Waals surface area contributed by atoms with Crippen molar-refractivity contribution in [3.05, 3.63) is 29.6 Å². The summed E-state index contributed by atoms with van der Waals surface area (Å²) in [5.41, 5.74) is 1.58. The quantitative estimate of drug-likeness (QED) is 0.779. The van der Waals surface area contributed by atoms with Gasteiger partial charge in [0.2, 0.25) is 0 Å². The van der Waals surface area contributed by atoms with E-state index in [0.29, 0.717) is 11.6 Å². The number of hydrogen-bond acceptors (Lipinski definition) is 2. The fourth-order valence-corrected chi connectivity index (χ4v) is 2.84. The van der Waals surface area contributed by atoms with Gasteiger partial charge in [-0.1, -0.05) is 6.07 Å². The molecule has 0 bridgehead atoms. The van der Waals surface area contributed by atoms with Gasteiger partial charge in [-0.2, -0.15) is 0 Å². The molecule has 18 heavy (non-hydrogen) atoms. The molecule has 1 aromatic carbocycles. The standard InChI is InChI=1S/C14H20ClFN2/c1-17(2)11-5-4-8-18(10-11)14-7-3-6-13(16)12(14)9-15/h3,6-7,11H,4-5,8-10H2,1-2H3. The minimum atomic E-state index is -0.200. The van der Waals surface area contributed by atoms with Gasteiger partial charge in [0.1, 0.15) is 5.82 Å². The molecule has 0 amide bonds. The van der Waals surface area contributed by atoms with E-state index in [2.05, 4.69) is 23.9 Å². The molecule has 1 saturated heterocycles. The van der Waals surface area contributed by atoms with Gasteiger partial charge in [-0.3, -0.25) is 0 Å². The molecule has 0 aromatic heterocycles. The minimum Gasteiger partial charge on any atom is -0.370 e. The van der Waals surface area contributed by atoms with Gasteiger partial charge in [-0.15, -0.1) is 11.6 Å². The van der Waals surface area contributed by atoms with Crippen LogP contribution < -0.4 is 4.90 Å². The first-order valence-electron chi connectivity index (χ1n) is 6.38. The van der Waals surface area contributed by atoms with Crippen molar-refractivity contribution in [2.24, 2.45) is 0 Å². The molecule has 4 heteroatoms. The maximum absolute atomic E-state index is 13.7. The van der Waals surface area contributed by atoms with Crippen LogP contribution in [0.1, 0.15) is 18.4 Å². The highest BCUT2D eigenvalue weighted by atomic mass is 35.5. The third-order valence-electron chi connectivity index (χ3n) is 3.70. The zero-order chi connectivity index (χ0) is 13.1. The molecule has 1 atom stereocenters. The van der Waals surface area contributed by atoms with Crippen molar-refractivity contribution in [3.8, 4) is 0 Å². The summed E-state index contributed by atoms with van der Waals surface area (Å²) in [7, 11) is 4.20. The van der Waals surface area contributed by atoms with E-state index < -0.39 is 0 Å². The first-order chi connectivity index (χ1) is 8.63. The Labute approximate surface area is 113 Å². The van der Waals surface area contributed by atoms with Crippen molar-refractivity contribution in [1.82, 2.24) is 4.90 Å². The van der Waals surface area contributed by atoms with Crippen LogP contribution in [0.5, 0.6) is 0 Å². The Bertz CT molecular complexity index is 409. The second-order valence-electron chi connectivity index (χ2n) is 5.08. The average Bonchev–Trinajstić information content (AvgIpc) is 2.38. The van der Waals surface area contributed by atoms with Gasteiger partial charge in [-0.05, 0) is 39.1 Å². The number of halogens is 2. The van der Waals surface area contributed by atoms with Crippen molar-refractivity contribution in [1.29, 1.82) is 0 Å². The number of rotatable bonds is 3. The number of alkyl halides is 1. The molecule has 2 rings (SSSR count). The smallest absolute Gasteiger partial charge is 0.129 e. The maximum Gasteiger partial charge on any atom is 0.129 e. The van der Waals surface area contributed by atoms with Crippen molar-refractivity contribution < 1.29 is 4.39 Å². The van der Waals surface area contributed by atoms with E-state index in [9.17, 15) is 4.39 Å². The second kappa shape index (κ2) is 5.89. The van der Waals surface area contributed by atoms with Gasteiger partial charge in [0.15, 0.2) is 0 Å². The Morgan fingerprint density at radius 1 is 1.44 bits per heavy atom. The molecule has 1 aliphatic heterocycles. The topological polar surface area (TPSA) is 6.48 Å². The summed E-state index contributed by atoms with van der Waals surface area (Å²) in [6.45, 7) is 1.93. The van der Waals surface area contributed by atoms with Crippen LogP contribution in [0, 0.1) is 5.82 Å². The molecular weight excluding hydrogens is 251 g/mol. The SMILES string of the molecule is CN(C)C1CCCN(c2cccc(F)c2CCl)C1. The number of hydrogen-bond donors (Lipinski definition) is 0. The average molecular weight is 271 g/mol. The molecule has 0 spiro atoms. The van der Waals surface area contributed by atoms with Crippen LogP contribution in [0.4, 0.5) is 10.1 Å².